The SMILES string of the molecule is CC(O)CO.CCCCCCCCCCCCC(=O)O. The van der Waals surface area contributed by atoms with Gasteiger partial charge in [-0.05, 0) is 13.3 Å². The Bertz CT molecular complexity index is 193. The number of carboxylic acids is 1. The first-order valence-corrected chi connectivity index (χ1v) is 8.05. The van der Waals surface area contributed by atoms with E-state index in [9.17, 15) is 4.79 Å². The number of rotatable bonds is 12. The summed E-state index contributed by atoms with van der Waals surface area (Å²) < 4.78 is 0. The number of aliphatic carboxylic acids is 1. The zero-order valence-corrected chi connectivity index (χ0v) is 13.3. The summed E-state index contributed by atoms with van der Waals surface area (Å²) in [5.74, 6) is -0.658. The van der Waals surface area contributed by atoms with E-state index < -0.39 is 12.1 Å². The Labute approximate surface area is 124 Å². The lowest BCUT2D eigenvalue weighted by atomic mass is 10.1. The molecule has 0 aliphatic carbocycles. The zero-order chi connectivity index (χ0) is 15.6. The van der Waals surface area contributed by atoms with E-state index in [0.717, 1.165) is 12.8 Å². The fraction of sp³-hybridized carbons (Fsp3) is 0.938. The second-order valence-corrected chi connectivity index (χ2v) is 5.36. The molecule has 0 aromatic carbocycles. The highest BCUT2D eigenvalue weighted by molar-refractivity contribution is 5.66. The molecule has 0 aromatic heterocycles. The number of unbranched alkanes of at least 4 members (excludes halogenated alkanes) is 9. The third-order valence-corrected chi connectivity index (χ3v) is 3.01. The standard InChI is InChI=1S/C13H26O2.C3H8O2/c1-2-3-4-5-6-7-8-9-10-11-12-13(14)15;1-3(5)2-4/h2-12H2,1H3,(H,14,15);3-5H,2H2,1H3. The van der Waals surface area contributed by atoms with E-state index in [1.807, 2.05) is 0 Å². The van der Waals surface area contributed by atoms with Crippen molar-refractivity contribution in [2.24, 2.45) is 0 Å². The maximum absolute atomic E-state index is 10.2. The third kappa shape index (κ3) is 26.1. The van der Waals surface area contributed by atoms with Crippen LogP contribution < -0.4 is 0 Å². The highest BCUT2D eigenvalue weighted by Crippen LogP contribution is 2.10. The Kier molecular flexibility index (Phi) is 19.9. The van der Waals surface area contributed by atoms with Gasteiger partial charge >= 0.3 is 5.97 Å². The number of carbonyl (C=O) groups is 1. The van der Waals surface area contributed by atoms with Crippen LogP contribution in [0.5, 0.6) is 0 Å². The Morgan fingerprint density at radius 2 is 1.25 bits per heavy atom. The minimum atomic E-state index is -0.658. The quantitative estimate of drug-likeness (QED) is 0.478. The van der Waals surface area contributed by atoms with Gasteiger partial charge in [0.15, 0.2) is 0 Å². The molecule has 0 aliphatic heterocycles. The minimum absolute atomic E-state index is 0.139. The first kappa shape index (κ1) is 21.7. The summed E-state index contributed by atoms with van der Waals surface area (Å²) in [6, 6.07) is 0. The van der Waals surface area contributed by atoms with Crippen molar-refractivity contribution in [2.45, 2.75) is 90.6 Å². The van der Waals surface area contributed by atoms with E-state index in [0.29, 0.717) is 6.42 Å². The van der Waals surface area contributed by atoms with Gasteiger partial charge in [-0.1, -0.05) is 64.7 Å². The zero-order valence-electron chi connectivity index (χ0n) is 13.3. The molecule has 4 heteroatoms. The van der Waals surface area contributed by atoms with Crippen molar-refractivity contribution in [3.8, 4) is 0 Å². The molecule has 4 nitrogen and oxygen atoms in total. The van der Waals surface area contributed by atoms with Crippen molar-refractivity contribution in [1.82, 2.24) is 0 Å². The van der Waals surface area contributed by atoms with Crippen LogP contribution in [0, 0.1) is 0 Å². The number of hydrogen-bond acceptors (Lipinski definition) is 3. The van der Waals surface area contributed by atoms with Gasteiger partial charge in [-0.15, -0.1) is 0 Å². The molecule has 20 heavy (non-hydrogen) atoms. The van der Waals surface area contributed by atoms with Crippen molar-refractivity contribution in [2.75, 3.05) is 6.61 Å². The van der Waals surface area contributed by atoms with Crippen molar-refractivity contribution in [3.63, 3.8) is 0 Å². The van der Waals surface area contributed by atoms with Crippen LogP contribution >= 0.6 is 0 Å². The predicted octanol–water partition coefficient (Wildman–Crippen LogP) is 3.74. The first-order valence-electron chi connectivity index (χ1n) is 8.05. The van der Waals surface area contributed by atoms with Gasteiger partial charge in [0.2, 0.25) is 0 Å². The molecule has 0 fully saturated rings. The monoisotopic (exact) mass is 290 g/mol. The average molecular weight is 290 g/mol. The summed E-state index contributed by atoms with van der Waals surface area (Å²) in [5.41, 5.74) is 0. The number of aliphatic hydroxyl groups is 2. The molecule has 0 spiro atoms. The fourth-order valence-corrected chi connectivity index (χ4v) is 1.76. The Balaban J connectivity index is 0. The lowest BCUT2D eigenvalue weighted by Gasteiger charge is -2.01. The maximum atomic E-state index is 10.2. The molecule has 0 heterocycles. The maximum Gasteiger partial charge on any atom is 0.303 e. The molecular formula is C16H34O4. The van der Waals surface area contributed by atoms with Crippen LogP contribution in [0.1, 0.15) is 84.5 Å². The Morgan fingerprint density at radius 3 is 1.55 bits per heavy atom. The molecule has 122 valence electrons. The van der Waals surface area contributed by atoms with Gasteiger partial charge in [0.1, 0.15) is 0 Å². The second kappa shape index (κ2) is 18.4. The topological polar surface area (TPSA) is 77.8 Å². The van der Waals surface area contributed by atoms with Crippen LogP contribution in [0.4, 0.5) is 0 Å². The van der Waals surface area contributed by atoms with Gasteiger partial charge in [0, 0.05) is 6.42 Å². The molecule has 0 amide bonds. The summed E-state index contributed by atoms with van der Waals surface area (Å²) >= 11 is 0. The van der Waals surface area contributed by atoms with Crippen LogP contribution in [-0.4, -0.2) is 34.0 Å². The summed E-state index contributed by atoms with van der Waals surface area (Å²) in [7, 11) is 0. The lowest BCUT2D eigenvalue weighted by molar-refractivity contribution is -0.137. The van der Waals surface area contributed by atoms with E-state index in [1.165, 1.54) is 58.3 Å². The van der Waals surface area contributed by atoms with Gasteiger partial charge in [0.25, 0.3) is 0 Å². The highest BCUT2D eigenvalue weighted by atomic mass is 16.4. The van der Waals surface area contributed by atoms with E-state index in [4.69, 9.17) is 15.3 Å². The van der Waals surface area contributed by atoms with Crippen LogP contribution in [0.2, 0.25) is 0 Å². The molecular weight excluding hydrogens is 256 g/mol. The number of carboxylic acid groups (broad SMARTS) is 1. The van der Waals surface area contributed by atoms with Crippen molar-refractivity contribution in [3.05, 3.63) is 0 Å². The molecule has 0 radical (unpaired) electrons. The fourth-order valence-electron chi connectivity index (χ4n) is 1.76. The molecule has 3 N–H and O–H groups in total. The molecule has 0 aliphatic rings. The smallest absolute Gasteiger partial charge is 0.303 e. The predicted molar refractivity (Wildman–Crippen MR) is 82.9 cm³/mol. The second-order valence-electron chi connectivity index (χ2n) is 5.36. The van der Waals surface area contributed by atoms with Gasteiger partial charge in [-0.2, -0.15) is 0 Å². The molecule has 0 aromatic rings. The largest absolute Gasteiger partial charge is 0.481 e. The molecule has 0 saturated heterocycles. The van der Waals surface area contributed by atoms with Crippen molar-refractivity contribution < 1.29 is 20.1 Å². The first-order chi connectivity index (χ1) is 9.54. The van der Waals surface area contributed by atoms with E-state index in [1.54, 1.807) is 0 Å². The minimum Gasteiger partial charge on any atom is -0.481 e. The Morgan fingerprint density at radius 1 is 0.900 bits per heavy atom. The van der Waals surface area contributed by atoms with E-state index in [2.05, 4.69) is 6.92 Å². The van der Waals surface area contributed by atoms with Crippen molar-refractivity contribution >= 4 is 5.97 Å². The van der Waals surface area contributed by atoms with Crippen molar-refractivity contribution in [1.29, 1.82) is 0 Å². The van der Waals surface area contributed by atoms with E-state index >= 15 is 0 Å². The summed E-state index contributed by atoms with van der Waals surface area (Å²) in [6.45, 7) is 3.63. The van der Waals surface area contributed by atoms with Gasteiger partial charge < -0.3 is 15.3 Å². The van der Waals surface area contributed by atoms with Crippen LogP contribution in [0.15, 0.2) is 0 Å². The molecule has 1 atom stereocenters. The van der Waals surface area contributed by atoms with Crippen LogP contribution in [0.25, 0.3) is 0 Å². The molecule has 0 saturated carbocycles. The van der Waals surface area contributed by atoms with Gasteiger partial charge in [-0.25, -0.2) is 0 Å². The van der Waals surface area contributed by atoms with Crippen LogP contribution in [-0.2, 0) is 4.79 Å². The van der Waals surface area contributed by atoms with E-state index in [-0.39, 0.29) is 6.61 Å². The summed E-state index contributed by atoms with van der Waals surface area (Å²) in [5, 5.41) is 24.4. The highest BCUT2D eigenvalue weighted by Gasteiger charge is 1.96. The van der Waals surface area contributed by atoms with Crippen LogP contribution in [0.3, 0.4) is 0 Å². The molecule has 0 bridgehead atoms. The Hall–Kier alpha value is -0.610. The average Bonchev–Trinajstić information content (AvgIpc) is 2.41. The molecule has 0 rings (SSSR count). The molecule has 1 unspecified atom stereocenters. The van der Waals surface area contributed by atoms with Gasteiger partial charge in [0.05, 0.1) is 12.7 Å². The summed E-state index contributed by atoms with van der Waals surface area (Å²) in [6.07, 6.45) is 12.4. The third-order valence-electron chi connectivity index (χ3n) is 3.01. The normalized spacial score (nSPS) is 11.6. The summed E-state index contributed by atoms with van der Waals surface area (Å²) in [4.78, 5) is 10.2. The number of aliphatic hydroxyl groups excluding tert-OH is 2. The lowest BCUT2D eigenvalue weighted by Crippen LogP contribution is -2.03. The van der Waals surface area contributed by atoms with Gasteiger partial charge in [-0.3, -0.25) is 4.79 Å². The number of hydrogen-bond donors (Lipinski definition) is 3.